The first-order valence-corrected chi connectivity index (χ1v) is 8.87. The highest BCUT2D eigenvalue weighted by Gasteiger charge is 2.23. The van der Waals surface area contributed by atoms with Crippen LogP contribution in [0.3, 0.4) is 0 Å². The van der Waals surface area contributed by atoms with Crippen LogP contribution in [0.15, 0.2) is 48.5 Å². The molecule has 1 aliphatic rings. The van der Waals surface area contributed by atoms with Gasteiger partial charge in [-0.1, -0.05) is 12.1 Å². The van der Waals surface area contributed by atoms with E-state index in [1.165, 1.54) is 0 Å². The number of nitrogens with one attached hydrogen (secondary N) is 2. The van der Waals surface area contributed by atoms with Gasteiger partial charge in [-0.3, -0.25) is 0 Å². The third-order valence-electron chi connectivity index (χ3n) is 4.80. The van der Waals surface area contributed by atoms with E-state index < -0.39 is 0 Å². The number of anilines is 1. The van der Waals surface area contributed by atoms with Crippen molar-refractivity contribution in [2.24, 2.45) is 0 Å². The number of piperidine rings is 1. The number of methoxy groups -OCH3 is 1. The first-order valence-electron chi connectivity index (χ1n) is 8.87. The molecule has 2 N–H and O–H groups in total. The number of amides is 2. The monoisotopic (exact) mass is 350 g/mol. The highest BCUT2D eigenvalue weighted by atomic mass is 16.5. The number of benzene rings is 2. The molecule has 134 valence electrons. The van der Waals surface area contributed by atoms with Crippen LogP contribution in [0.25, 0.3) is 22.4 Å². The molecule has 0 radical (unpaired) electrons. The number of aromatic nitrogens is 2. The quantitative estimate of drug-likeness (QED) is 0.753. The first kappa shape index (κ1) is 16.6. The maximum Gasteiger partial charge on any atom is 0.321 e. The number of carbonyl (C=O) groups excluding carboxylic acids is 1. The molecular weight excluding hydrogens is 328 g/mol. The summed E-state index contributed by atoms with van der Waals surface area (Å²) in [5.41, 5.74) is 3.71. The number of aromatic amines is 1. The molecule has 2 amide bonds. The molecule has 3 aromatic rings. The van der Waals surface area contributed by atoms with Crippen LogP contribution < -0.4 is 5.32 Å². The zero-order valence-corrected chi connectivity index (χ0v) is 14.7. The SMILES string of the molecule is CO[C@H]1CCCN(C(=O)Nc2ccc(-c3nc4ccccc4[nH]3)cc2)C1. The fourth-order valence-electron chi connectivity index (χ4n) is 3.32. The Morgan fingerprint density at radius 1 is 1.23 bits per heavy atom. The van der Waals surface area contributed by atoms with Crippen LogP contribution in [0.2, 0.25) is 0 Å². The second-order valence-corrected chi connectivity index (χ2v) is 6.56. The third kappa shape index (κ3) is 3.41. The number of likely N-dealkylation sites (tertiary alicyclic amines) is 1. The maximum absolute atomic E-state index is 12.4. The molecule has 2 heterocycles. The minimum atomic E-state index is -0.0803. The second kappa shape index (κ2) is 7.17. The predicted octanol–water partition coefficient (Wildman–Crippen LogP) is 3.87. The topological polar surface area (TPSA) is 70.2 Å². The summed E-state index contributed by atoms with van der Waals surface area (Å²) in [5, 5.41) is 2.96. The molecule has 1 aliphatic heterocycles. The number of hydrogen-bond acceptors (Lipinski definition) is 3. The largest absolute Gasteiger partial charge is 0.380 e. The van der Waals surface area contributed by atoms with Gasteiger partial charge < -0.3 is 19.9 Å². The van der Waals surface area contributed by atoms with E-state index >= 15 is 0 Å². The van der Waals surface area contributed by atoms with Gasteiger partial charge in [0.1, 0.15) is 5.82 Å². The van der Waals surface area contributed by atoms with Gasteiger partial charge in [-0.25, -0.2) is 9.78 Å². The highest BCUT2D eigenvalue weighted by molar-refractivity contribution is 5.89. The van der Waals surface area contributed by atoms with Crippen molar-refractivity contribution >= 4 is 22.8 Å². The molecule has 0 saturated carbocycles. The van der Waals surface area contributed by atoms with Crippen LogP contribution in [0, 0.1) is 0 Å². The summed E-state index contributed by atoms with van der Waals surface area (Å²) in [6, 6.07) is 15.6. The van der Waals surface area contributed by atoms with E-state index in [0.717, 1.165) is 47.5 Å². The van der Waals surface area contributed by atoms with E-state index in [2.05, 4.69) is 15.3 Å². The Labute approximate surface area is 152 Å². The summed E-state index contributed by atoms with van der Waals surface area (Å²) in [6.07, 6.45) is 2.11. The van der Waals surface area contributed by atoms with E-state index in [-0.39, 0.29) is 12.1 Å². The Morgan fingerprint density at radius 3 is 2.81 bits per heavy atom. The lowest BCUT2D eigenvalue weighted by atomic mass is 10.1. The molecule has 1 aromatic heterocycles. The number of carbonyl (C=O) groups is 1. The number of hydrogen-bond donors (Lipinski definition) is 2. The molecular formula is C20H22N4O2. The standard InChI is InChI=1S/C20H22N4O2/c1-26-16-5-4-12-24(13-16)20(25)21-15-10-8-14(9-11-15)19-22-17-6-2-3-7-18(17)23-19/h2-3,6-11,16H,4-5,12-13H2,1H3,(H,21,25)(H,22,23)/t16-/m0/s1. The fourth-order valence-corrected chi connectivity index (χ4v) is 3.32. The van der Waals surface area contributed by atoms with Crippen LogP contribution in [-0.4, -0.2) is 47.2 Å². The van der Waals surface area contributed by atoms with Gasteiger partial charge in [0, 0.05) is 31.5 Å². The first-order chi connectivity index (χ1) is 12.7. The number of urea groups is 1. The molecule has 1 fully saturated rings. The molecule has 2 aromatic carbocycles. The Hall–Kier alpha value is -2.86. The van der Waals surface area contributed by atoms with Crippen LogP contribution in [0.1, 0.15) is 12.8 Å². The molecule has 26 heavy (non-hydrogen) atoms. The van der Waals surface area contributed by atoms with Crippen molar-refractivity contribution in [2.45, 2.75) is 18.9 Å². The van der Waals surface area contributed by atoms with Gasteiger partial charge in [0.15, 0.2) is 0 Å². The van der Waals surface area contributed by atoms with E-state index in [9.17, 15) is 4.79 Å². The average Bonchev–Trinajstić information content (AvgIpc) is 3.13. The maximum atomic E-state index is 12.4. The second-order valence-electron chi connectivity index (χ2n) is 6.56. The number of ether oxygens (including phenoxy) is 1. The summed E-state index contributed by atoms with van der Waals surface area (Å²) in [4.78, 5) is 22.2. The summed E-state index contributed by atoms with van der Waals surface area (Å²) in [5.74, 6) is 0.822. The van der Waals surface area contributed by atoms with Crippen molar-refractivity contribution < 1.29 is 9.53 Å². The molecule has 6 nitrogen and oxygen atoms in total. The van der Waals surface area contributed by atoms with Crippen molar-refractivity contribution in [3.05, 3.63) is 48.5 Å². The minimum absolute atomic E-state index is 0.0803. The zero-order valence-electron chi connectivity index (χ0n) is 14.7. The van der Waals surface area contributed by atoms with Crippen LogP contribution in [0.5, 0.6) is 0 Å². The molecule has 1 atom stereocenters. The molecule has 0 unspecified atom stereocenters. The third-order valence-corrected chi connectivity index (χ3v) is 4.80. The zero-order chi connectivity index (χ0) is 17.9. The average molecular weight is 350 g/mol. The van der Waals surface area contributed by atoms with Crippen molar-refractivity contribution in [2.75, 3.05) is 25.5 Å². The molecule has 0 spiro atoms. The number of para-hydroxylation sites is 2. The Kier molecular flexibility index (Phi) is 4.58. The Morgan fingerprint density at radius 2 is 2.04 bits per heavy atom. The van der Waals surface area contributed by atoms with Crippen LogP contribution in [0.4, 0.5) is 10.5 Å². The van der Waals surface area contributed by atoms with E-state index in [0.29, 0.717) is 6.54 Å². The lowest BCUT2D eigenvalue weighted by Crippen LogP contribution is -2.44. The lowest BCUT2D eigenvalue weighted by Gasteiger charge is -2.31. The number of rotatable bonds is 3. The van der Waals surface area contributed by atoms with Gasteiger partial charge in [0.25, 0.3) is 0 Å². The van der Waals surface area contributed by atoms with Gasteiger partial charge in [0.2, 0.25) is 0 Å². The summed E-state index contributed by atoms with van der Waals surface area (Å²) >= 11 is 0. The predicted molar refractivity (Wildman–Crippen MR) is 102 cm³/mol. The number of H-pyrrole nitrogens is 1. The van der Waals surface area contributed by atoms with Crippen molar-refractivity contribution in [1.82, 2.24) is 14.9 Å². The molecule has 0 aliphatic carbocycles. The van der Waals surface area contributed by atoms with Gasteiger partial charge in [-0.15, -0.1) is 0 Å². The summed E-state index contributed by atoms with van der Waals surface area (Å²) in [7, 11) is 1.70. The molecule has 6 heteroatoms. The number of imidazole rings is 1. The summed E-state index contributed by atoms with van der Waals surface area (Å²) < 4.78 is 5.38. The van der Waals surface area contributed by atoms with Crippen LogP contribution in [-0.2, 0) is 4.74 Å². The Balaban J connectivity index is 1.45. The fraction of sp³-hybridized carbons (Fsp3) is 0.300. The molecule has 4 rings (SSSR count). The summed E-state index contributed by atoms with van der Waals surface area (Å²) in [6.45, 7) is 1.40. The smallest absolute Gasteiger partial charge is 0.321 e. The minimum Gasteiger partial charge on any atom is -0.380 e. The van der Waals surface area contributed by atoms with Gasteiger partial charge in [-0.05, 0) is 49.2 Å². The van der Waals surface area contributed by atoms with Crippen LogP contribution >= 0.6 is 0 Å². The van der Waals surface area contributed by atoms with E-state index in [1.807, 2.05) is 53.4 Å². The van der Waals surface area contributed by atoms with E-state index in [1.54, 1.807) is 7.11 Å². The normalized spacial score (nSPS) is 17.4. The van der Waals surface area contributed by atoms with Crippen molar-refractivity contribution in [3.8, 4) is 11.4 Å². The molecule has 0 bridgehead atoms. The number of nitrogens with zero attached hydrogens (tertiary/aromatic N) is 2. The Bertz CT molecular complexity index is 871. The van der Waals surface area contributed by atoms with Gasteiger partial charge >= 0.3 is 6.03 Å². The number of fused-ring (bicyclic) bond motifs is 1. The van der Waals surface area contributed by atoms with Gasteiger partial charge in [-0.2, -0.15) is 0 Å². The van der Waals surface area contributed by atoms with Crippen molar-refractivity contribution in [1.29, 1.82) is 0 Å². The highest BCUT2D eigenvalue weighted by Crippen LogP contribution is 2.22. The lowest BCUT2D eigenvalue weighted by molar-refractivity contribution is 0.0458. The van der Waals surface area contributed by atoms with Gasteiger partial charge in [0.05, 0.1) is 17.1 Å². The molecule has 1 saturated heterocycles. The van der Waals surface area contributed by atoms with Crippen molar-refractivity contribution in [3.63, 3.8) is 0 Å². The van der Waals surface area contributed by atoms with E-state index in [4.69, 9.17) is 4.74 Å².